The van der Waals surface area contributed by atoms with Gasteiger partial charge in [-0.2, -0.15) is 0 Å². The number of hydrogen-bond acceptors (Lipinski definition) is 6. The first-order valence-corrected chi connectivity index (χ1v) is 11.7. The van der Waals surface area contributed by atoms with Crippen molar-refractivity contribution in [3.8, 4) is 5.75 Å². The highest BCUT2D eigenvalue weighted by molar-refractivity contribution is 6.35. The topological polar surface area (TPSA) is 112 Å². The van der Waals surface area contributed by atoms with Gasteiger partial charge >= 0.3 is 5.69 Å². The minimum atomic E-state index is -1.15. The molecule has 9 nitrogen and oxygen atoms in total. The van der Waals surface area contributed by atoms with Gasteiger partial charge in [0.1, 0.15) is 30.9 Å². The van der Waals surface area contributed by atoms with E-state index in [-0.39, 0.29) is 35.9 Å². The van der Waals surface area contributed by atoms with E-state index in [0.717, 1.165) is 11.0 Å². The largest absolute Gasteiger partial charge is 0.489 e. The summed E-state index contributed by atoms with van der Waals surface area (Å²) < 4.78 is 9.65. The monoisotopic (exact) mass is 498 g/mol. The average Bonchev–Trinajstić information content (AvgIpc) is 3.14. The number of rotatable bonds is 11. The number of nitrogens with zero attached hydrogens (tertiary/aromatic N) is 4. The quantitative estimate of drug-likeness (QED) is 0.420. The molecule has 11 heteroatoms. The van der Waals surface area contributed by atoms with Crippen LogP contribution in [0.25, 0.3) is 11.2 Å². The highest BCUT2D eigenvalue weighted by Gasteiger charge is 2.22. The molecule has 0 unspecified atom stereocenters. The Bertz CT molecular complexity index is 1230. The second kappa shape index (κ2) is 11.2. The number of ether oxygens (including phenoxy) is 1. The molecule has 2 heterocycles. The van der Waals surface area contributed by atoms with Crippen LogP contribution in [0.2, 0.25) is 10.0 Å². The van der Waals surface area contributed by atoms with Crippen molar-refractivity contribution in [3.05, 3.63) is 54.9 Å². The first-order valence-electron chi connectivity index (χ1n) is 10.9. The lowest BCUT2D eigenvalue weighted by atomic mass is 10.3. The van der Waals surface area contributed by atoms with Gasteiger partial charge in [-0.1, -0.05) is 43.5 Å². The number of aromatic nitrogens is 4. The van der Waals surface area contributed by atoms with Crippen molar-refractivity contribution in [2.45, 2.75) is 65.5 Å². The Morgan fingerprint density at radius 2 is 1.85 bits per heavy atom. The molecule has 1 atom stereocenters. The molecule has 0 fully saturated rings. The Labute approximate surface area is 200 Å². The summed E-state index contributed by atoms with van der Waals surface area (Å²) in [4.78, 5) is 30.9. The number of hydrogen-bond donors (Lipinski definition) is 2. The number of unbranched alkanes of at least 4 members (excludes halogenated alkanes) is 1. The third-order valence-corrected chi connectivity index (χ3v) is 5.77. The summed E-state index contributed by atoms with van der Waals surface area (Å²) in [6.07, 6.45) is 1.11. The molecule has 0 aliphatic rings. The lowest BCUT2D eigenvalue weighted by Gasteiger charge is -2.16. The van der Waals surface area contributed by atoms with Crippen LogP contribution in [0.4, 0.5) is 0 Å². The van der Waals surface area contributed by atoms with Gasteiger partial charge < -0.3 is 19.5 Å². The number of imidazole rings is 1. The van der Waals surface area contributed by atoms with Crippen molar-refractivity contribution in [2.24, 2.45) is 0 Å². The van der Waals surface area contributed by atoms with Crippen LogP contribution >= 0.6 is 23.2 Å². The maximum atomic E-state index is 13.3. The van der Waals surface area contributed by atoms with E-state index >= 15 is 0 Å². The molecule has 1 aromatic carbocycles. The van der Waals surface area contributed by atoms with E-state index in [9.17, 15) is 19.8 Å². The van der Waals surface area contributed by atoms with Crippen LogP contribution in [0.3, 0.4) is 0 Å². The first kappa shape index (κ1) is 25.3. The molecule has 0 radical (unpaired) electrons. The Kier molecular flexibility index (Phi) is 8.58. The lowest BCUT2D eigenvalue weighted by molar-refractivity contribution is 0.0902. The maximum absolute atomic E-state index is 13.3. The van der Waals surface area contributed by atoms with E-state index in [1.54, 1.807) is 16.7 Å². The Balaban J connectivity index is 1.99. The highest BCUT2D eigenvalue weighted by Crippen LogP contribution is 2.27. The molecule has 0 saturated carbocycles. The fraction of sp³-hybridized carbons (Fsp3) is 0.500. The van der Waals surface area contributed by atoms with Crippen LogP contribution in [-0.2, 0) is 26.2 Å². The van der Waals surface area contributed by atoms with Crippen LogP contribution in [0.5, 0.6) is 5.75 Å². The van der Waals surface area contributed by atoms with Gasteiger partial charge in [-0.25, -0.2) is 9.78 Å². The van der Waals surface area contributed by atoms with E-state index in [4.69, 9.17) is 27.9 Å². The molecule has 3 rings (SSSR count). The zero-order valence-corrected chi connectivity index (χ0v) is 20.1. The first-order chi connectivity index (χ1) is 15.8. The van der Waals surface area contributed by atoms with Crippen LogP contribution in [-0.4, -0.2) is 41.6 Å². The maximum Gasteiger partial charge on any atom is 0.332 e. The van der Waals surface area contributed by atoms with Gasteiger partial charge in [0.25, 0.3) is 5.56 Å². The Morgan fingerprint density at radius 3 is 2.48 bits per heavy atom. The second-order valence-electron chi connectivity index (χ2n) is 7.75. The standard InChI is InChI=1S/C22H28Cl2N4O5/c1-3-5-9-27-20-19(26(8-4-2)18(12-29)25-20)21(31)28(22(27)32)11-15(30)13-33-17-7-6-14(23)10-16(17)24/h6-7,10,15,29-30H,3-5,8-9,11-13H2,1-2H3/t15-/m1/s1. The molecule has 0 bridgehead atoms. The third kappa shape index (κ3) is 5.43. The molecular weight excluding hydrogens is 471 g/mol. The van der Waals surface area contributed by atoms with Gasteiger partial charge in [0.2, 0.25) is 0 Å². The van der Waals surface area contributed by atoms with E-state index in [1.165, 1.54) is 10.6 Å². The summed E-state index contributed by atoms with van der Waals surface area (Å²) in [6.45, 7) is 3.97. The Morgan fingerprint density at radius 1 is 1.09 bits per heavy atom. The zero-order chi connectivity index (χ0) is 24.1. The van der Waals surface area contributed by atoms with Crippen molar-refractivity contribution < 1.29 is 14.9 Å². The molecule has 2 aromatic heterocycles. The zero-order valence-electron chi connectivity index (χ0n) is 18.6. The minimum absolute atomic E-state index is 0.184. The van der Waals surface area contributed by atoms with E-state index in [2.05, 4.69) is 4.98 Å². The predicted octanol–water partition coefficient (Wildman–Crippen LogP) is 2.81. The van der Waals surface area contributed by atoms with Crippen molar-refractivity contribution in [3.63, 3.8) is 0 Å². The molecule has 180 valence electrons. The number of aliphatic hydroxyl groups is 2. The molecular formula is C22H28Cl2N4O5. The molecule has 0 saturated heterocycles. The van der Waals surface area contributed by atoms with Crippen molar-refractivity contribution in [1.82, 2.24) is 18.7 Å². The van der Waals surface area contributed by atoms with E-state index in [0.29, 0.717) is 42.5 Å². The van der Waals surface area contributed by atoms with Crippen LogP contribution in [0, 0.1) is 0 Å². The van der Waals surface area contributed by atoms with Crippen molar-refractivity contribution in [1.29, 1.82) is 0 Å². The number of aryl methyl sites for hydroxylation is 2. The normalized spacial score (nSPS) is 12.4. The number of benzene rings is 1. The fourth-order valence-corrected chi connectivity index (χ4v) is 4.10. The average molecular weight is 499 g/mol. The van der Waals surface area contributed by atoms with Gasteiger partial charge in [-0.3, -0.25) is 13.9 Å². The van der Waals surface area contributed by atoms with Crippen LogP contribution < -0.4 is 16.0 Å². The fourth-order valence-electron chi connectivity index (χ4n) is 3.64. The molecule has 2 N–H and O–H groups in total. The summed E-state index contributed by atoms with van der Waals surface area (Å²) in [5, 5.41) is 21.0. The van der Waals surface area contributed by atoms with E-state index in [1.807, 2.05) is 13.8 Å². The SMILES string of the molecule is CCCCn1c(=O)n(C[C@@H](O)COc2ccc(Cl)cc2Cl)c(=O)c2c1nc(CO)n2CCC. The predicted molar refractivity (Wildman–Crippen MR) is 127 cm³/mol. The highest BCUT2D eigenvalue weighted by atomic mass is 35.5. The van der Waals surface area contributed by atoms with Gasteiger partial charge in [0.15, 0.2) is 11.2 Å². The van der Waals surface area contributed by atoms with Crippen LogP contribution in [0.15, 0.2) is 27.8 Å². The molecule has 33 heavy (non-hydrogen) atoms. The molecule has 0 aliphatic heterocycles. The summed E-state index contributed by atoms with van der Waals surface area (Å²) in [5.74, 6) is 0.657. The third-order valence-electron chi connectivity index (χ3n) is 5.24. The second-order valence-corrected chi connectivity index (χ2v) is 8.60. The van der Waals surface area contributed by atoms with Gasteiger partial charge in [0.05, 0.1) is 11.6 Å². The van der Waals surface area contributed by atoms with Crippen molar-refractivity contribution >= 4 is 34.4 Å². The number of fused-ring (bicyclic) bond motifs is 1. The smallest absolute Gasteiger partial charge is 0.332 e. The molecule has 3 aromatic rings. The lowest BCUT2D eigenvalue weighted by Crippen LogP contribution is -2.44. The summed E-state index contributed by atoms with van der Waals surface area (Å²) in [7, 11) is 0. The number of aliphatic hydroxyl groups excluding tert-OH is 2. The van der Waals surface area contributed by atoms with Crippen LogP contribution in [0.1, 0.15) is 38.9 Å². The van der Waals surface area contributed by atoms with Gasteiger partial charge in [-0.05, 0) is 31.0 Å². The summed E-state index contributed by atoms with van der Waals surface area (Å²) in [6, 6.07) is 4.70. The molecule has 0 amide bonds. The Hall–Kier alpha value is -2.33. The van der Waals surface area contributed by atoms with Gasteiger partial charge in [0, 0.05) is 18.1 Å². The van der Waals surface area contributed by atoms with Gasteiger partial charge in [-0.15, -0.1) is 0 Å². The minimum Gasteiger partial charge on any atom is -0.489 e. The number of halogens is 2. The summed E-state index contributed by atoms with van der Waals surface area (Å²) >= 11 is 12.0. The summed E-state index contributed by atoms with van der Waals surface area (Å²) in [5.41, 5.74) is -0.626. The van der Waals surface area contributed by atoms with E-state index < -0.39 is 17.4 Å². The van der Waals surface area contributed by atoms with Crippen molar-refractivity contribution in [2.75, 3.05) is 6.61 Å². The molecule has 0 aliphatic carbocycles. The molecule has 0 spiro atoms.